The number of para-hydroxylation sites is 1. The first-order valence-electron chi connectivity index (χ1n) is 16.7. The lowest BCUT2D eigenvalue weighted by atomic mass is 9.79. The zero-order valence-corrected chi connectivity index (χ0v) is 27.4. The molecule has 10 nitrogen and oxygen atoms in total. The molecule has 4 aliphatic rings. The van der Waals surface area contributed by atoms with Crippen LogP contribution in [0.15, 0.2) is 36.4 Å². The minimum atomic E-state index is -1.40. The van der Waals surface area contributed by atoms with Crippen LogP contribution in [0.5, 0.6) is 0 Å². The Balaban J connectivity index is 1.18. The molecule has 13 heteroatoms. The Hall–Kier alpha value is -4.86. The molecule has 5 atom stereocenters. The van der Waals surface area contributed by atoms with Gasteiger partial charge in [-0.1, -0.05) is 51.3 Å². The quantitative estimate of drug-likeness (QED) is 0.296. The summed E-state index contributed by atoms with van der Waals surface area (Å²) in [6.45, 7) is 3.80. The van der Waals surface area contributed by atoms with E-state index in [2.05, 4.69) is 21.7 Å². The van der Waals surface area contributed by atoms with Gasteiger partial charge in [0.15, 0.2) is 11.6 Å². The van der Waals surface area contributed by atoms with Crippen molar-refractivity contribution in [1.29, 1.82) is 5.26 Å². The highest BCUT2D eigenvalue weighted by atomic mass is 19.2. The van der Waals surface area contributed by atoms with Crippen molar-refractivity contribution in [2.45, 2.75) is 75.4 Å². The molecule has 2 unspecified atom stereocenters. The number of carbonyl (C=O) groups excluding carboxylic acids is 4. The molecule has 2 aromatic carbocycles. The van der Waals surface area contributed by atoms with Gasteiger partial charge in [-0.3, -0.25) is 19.2 Å². The zero-order valence-electron chi connectivity index (χ0n) is 27.4. The van der Waals surface area contributed by atoms with Crippen molar-refractivity contribution >= 4 is 40.2 Å². The molecule has 0 bridgehead atoms. The van der Waals surface area contributed by atoms with Gasteiger partial charge in [-0.15, -0.1) is 0 Å². The van der Waals surface area contributed by atoms with Crippen LogP contribution in [0.25, 0.3) is 10.9 Å². The molecule has 1 spiro atoms. The van der Waals surface area contributed by atoms with E-state index in [1.54, 1.807) is 12.1 Å². The summed E-state index contributed by atoms with van der Waals surface area (Å²) in [6, 6.07) is 8.99. The number of amides is 4. The fourth-order valence-corrected chi connectivity index (χ4v) is 8.23. The molecule has 2 aliphatic heterocycles. The van der Waals surface area contributed by atoms with Crippen LogP contribution in [-0.4, -0.2) is 69.6 Å². The van der Waals surface area contributed by atoms with Gasteiger partial charge in [0, 0.05) is 37.2 Å². The predicted octanol–water partition coefficient (Wildman–Crippen LogP) is 4.76. The normalized spacial score (nSPS) is 26.3. The van der Waals surface area contributed by atoms with Crippen molar-refractivity contribution < 1.29 is 32.3 Å². The van der Waals surface area contributed by atoms with Gasteiger partial charge in [0.05, 0.1) is 17.0 Å². The molecule has 1 aromatic heterocycles. The Kier molecular flexibility index (Phi) is 7.76. The molecule has 3 N–H and O–H groups in total. The number of hydrogen-bond donors (Lipinski definition) is 3. The maximum absolute atomic E-state index is 14.6. The monoisotopic (exact) mass is 674 g/mol. The fourth-order valence-electron chi connectivity index (χ4n) is 8.23. The smallest absolute Gasteiger partial charge is 0.268 e. The molecule has 2 saturated carbocycles. The van der Waals surface area contributed by atoms with Crippen LogP contribution >= 0.6 is 0 Å². The number of H-pyrrole nitrogens is 1. The van der Waals surface area contributed by atoms with Gasteiger partial charge in [0.1, 0.15) is 29.1 Å². The highest BCUT2D eigenvalue weighted by Gasteiger charge is 2.66. The first-order chi connectivity index (χ1) is 23.3. The van der Waals surface area contributed by atoms with Gasteiger partial charge in [-0.05, 0) is 48.3 Å². The SMILES string of the molecule is CC(C)C[C@@H](C(=O)N1C[C@]2(C[C@H]1C#N)C(=O)Nc1ccccc12)N(C)C(=O)C1(NC(=O)c2cc3c(F)cc(F)c(F)c3[nH]2)CC1C1CCC1. The van der Waals surface area contributed by atoms with Crippen molar-refractivity contribution in [2.24, 2.45) is 17.8 Å². The largest absolute Gasteiger partial charge is 0.348 e. The van der Waals surface area contributed by atoms with Crippen molar-refractivity contribution in [1.82, 2.24) is 20.1 Å². The summed E-state index contributed by atoms with van der Waals surface area (Å²) in [4.78, 5) is 61.2. The van der Waals surface area contributed by atoms with E-state index in [0.717, 1.165) is 30.9 Å². The number of aromatic amines is 1. The Bertz CT molecular complexity index is 1950. The number of nitrogens with one attached hydrogen (secondary N) is 3. The second kappa shape index (κ2) is 11.6. The molecule has 0 radical (unpaired) electrons. The molecule has 3 fully saturated rings. The Labute approximate surface area is 281 Å². The van der Waals surface area contributed by atoms with Crippen molar-refractivity contribution in [3.63, 3.8) is 0 Å². The number of hydrogen-bond acceptors (Lipinski definition) is 5. The minimum Gasteiger partial charge on any atom is -0.348 e. The van der Waals surface area contributed by atoms with Crippen LogP contribution in [0.1, 0.15) is 68.4 Å². The first kappa shape index (κ1) is 32.7. The number of fused-ring (bicyclic) bond motifs is 3. The summed E-state index contributed by atoms with van der Waals surface area (Å²) in [5.74, 6) is -5.87. The van der Waals surface area contributed by atoms with Crippen LogP contribution in [0.3, 0.4) is 0 Å². The van der Waals surface area contributed by atoms with Crippen LogP contribution in [0.4, 0.5) is 18.9 Å². The lowest BCUT2D eigenvalue weighted by molar-refractivity contribution is -0.147. The van der Waals surface area contributed by atoms with Crippen LogP contribution < -0.4 is 10.6 Å². The number of anilines is 1. The molecule has 3 aromatic rings. The van der Waals surface area contributed by atoms with E-state index < -0.39 is 63.7 Å². The highest BCUT2D eigenvalue weighted by molar-refractivity contribution is 6.08. The number of carbonyl (C=O) groups is 4. The summed E-state index contributed by atoms with van der Waals surface area (Å²) in [5, 5.41) is 15.6. The van der Waals surface area contributed by atoms with E-state index in [1.807, 2.05) is 26.0 Å². The molecule has 2 aliphatic carbocycles. The average molecular weight is 675 g/mol. The number of likely N-dealkylation sites (N-methyl/N-ethyl adjacent to an activating group) is 1. The van der Waals surface area contributed by atoms with Crippen molar-refractivity contribution in [2.75, 3.05) is 18.9 Å². The van der Waals surface area contributed by atoms with E-state index in [4.69, 9.17) is 0 Å². The van der Waals surface area contributed by atoms with Gasteiger partial charge < -0.3 is 25.4 Å². The molecule has 256 valence electrons. The Morgan fingerprint density at radius 2 is 1.86 bits per heavy atom. The number of rotatable bonds is 8. The summed E-state index contributed by atoms with van der Waals surface area (Å²) in [5.41, 5.74) is -1.84. The van der Waals surface area contributed by atoms with Gasteiger partial charge in [-0.25, -0.2) is 13.2 Å². The molecule has 4 amide bonds. The second-order valence-electron chi connectivity index (χ2n) is 14.5. The predicted molar refractivity (Wildman–Crippen MR) is 172 cm³/mol. The van der Waals surface area contributed by atoms with Gasteiger partial charge in [0.25, 0.3) is 5.91 Å². The lowest BCUT2D eigenvalue weighted by Crippen LogP contribution is -2.58. The average Bonchev–Trinajstić information content (AvgIpc) is 3.36. The van der Waals surface area contributed by atoms with Gasteiger partial charge >= 0.3 is 0 Å². The number of benzene rings is 2. The molecular weight excluding hydrogens is 637 g/mol. The minimum absolute atomic E-state index is 0.0236. The highest BCUT2D eigenvalue weighted by Crippen LogP contribution is 2.56. The van der Waals surface area contributed by atoms with Crippen molar-refractivity contribution in [3.05, 3.63) is 65.1 Å². The molecule has 49 heavy (non-hydrogen) atoms. The standard InChI is InChI=1S/C36H37F3N6O4/c1-18(2)11-28(32(47)45-17-35(14-20(45)16-40)22-9-4-5-10-26(22)42-33(35)48)44(3)34(49)36(15-23(36)19-7-6-8-19)43-31(46)27-12-21-24(37)13-25(38)29(39)30(21)41-27/h4-5,9-10,12-13,18-20,23,28,41H,6-8,11,14-15,17H2,1-3H3,(H,42,48)(H,43,46)/t20-,23?,28-,35-,36?/m0/s1. The third-order valence-electron chi connectivity index (χ3n) is 11.1. The van der Waals surface area contributed by atoms with Gasteiger partial charge in [0.2, 0.25) is 17.7 Å². The number of halogens is 3. The van der Waals surface area contributed by atoms with E-state index in [9.17, 15) is 37.6 Å². The van der Waals surface area contributed by atoms with E-state index in [1.165, 1.54) is 16.8 Å². The Morgan fingerprint density at radius 1 is 1.12 bits per heavy atom. The van der Waals surface area contributed by atoms with Gasteiger partial charge in [-0.2, -0.15) is 5.26 Å². The molecule has 1 saturated heterocycles. The van der Waals surface area contributed by atoms with E-state index in [-0.39, 0.29) is 54.1 Å². The third kappa shape index (κ3) is 5.06. The lowest BCUT2D eigenvalue weighted by Gasteiger charge is -2.36. The third-order valence-corrected chi connectivity index (χ3v) is 11.1. The molecule has 7 rings (SSSR count). The maximum Gasteiger partial charge on any atom is 0.268 e. The summed E-state index contributed by atoms with van der Waals surface area (Å²) >= 11 is 0. The van der Waals surface area contributed by atoms with Crippen LogP contribution in [0, 0.1) is 46.5 Å². The number of likely N-dealkylation sites (tertiary alicyclic amines) is 1. The second-order valence-corrected chi connectivity index (χ2v) is 14.5. The summed E-state index contributed by atoms with van der Waals surface area (Å²) in [6.07, 6.45) is 3.42. The van der Waals surface area contributed by atoms with Crippen LogP contribution in [-0.2, 0) is 19.8 Å². The van der Waals surface area contributed by atoms with E-state index >= 15 is 0 Å². The number of nitriles is 1. The number of aromatic nitrogens is 1. The summed E-state index contributed by atoms with van der Waals surface area (Å²) < 4.78 is 42.8. The topological polar surface area (TPSA) is 138 Å². The number of nitrogens with zero attached hydrogens (tertiary/aromatic N) is 3. The Morgan fingerprint density at radius 3 is 2.53 bits per heavy atom. The van der Waals surface area contributed by atoms with Crippen LogP contribution in [0.2, 0.25) is 0 Å². The molecule has 3 heterocycles. The maximum atomic E-state index is 14.6. The fraction of sp³-hybridized carbons (Fsp3) is 0.472. The zero-order chi connectivity index (χ0) is 35.0. The van der Waals surface area contributed by atoms with E-state index in [0.29, 0.717) is 18.2 Å². The van der Waals surface area contributed by atoms with Crippen molar-refractivity contribution in [3.8, 4) is 6.07 Å². The first-order valence-corrected chi connectivity index (χ1v) is 16.7. The summed E-state index contributed by atoms with van der Waals surface area (Å²) in [7, 11) is 1.51. The molecular formula is C36H37F3N6O4.